The van der Waals surface area contributed by atoms with Gasteiger partial charge in [0.15, 0.2) is 0 Å². The van der Waals surface area contributed by atoms with Crippen molar-refractivity contribution in [1.29, 1.82) is 0 Å². The van der Waals surface area contributed by atoms with E-state index in [1.807, 2.05) is 24.4 Å². The van der Waals surface area contributed by atoms with Gasteiger partial charge in [-0.2, -0.15) is 0 Å². The zero-order valence-electron chi connectivity index (χ0n) is 13.3. The van der Waals surface area contributed by atoms with E-state index in [2.05, 4.69) is 25.8 Å². The van der Waals surface area contributed by atoms with Crippen LogP contribution in [-0.2, 0) is 5.41 Å². The van der Waals surface area contributed by atoms with E-state index in [9.17, 15) is 5.11 Å². The second-order valence-electron chi connectivity index (χ2n) is 6.56. The van der Waals surface area contributed by atoms with Crippen LogP contribution < -0.4 is 0 Å². The topological polar surface area (TPSA) is 32.6 Å². The summed E-state index contributed by atoms with van der Waals surface area (Å²) in [5.74, 6) is 0.384. The molecule has 1 aromatic rings. The van der Waals surface area contributed by atoms with Crippen molar-refractivity contribution in [3.63, 3.8) is 0 Å². The first-order valence-corrected chi connectivity index (χ1v) is 7.34. The molecule has 0 aromatic heterocycles. The van der Waals surface area contributed by atoms with Crippen molar-refractivity contribution >= 4 is 25.1 Å². The molecule has 0 saturated heterocycles. The number of hydrogen-bond acceptors (Lipinski definition) is 2. The number of aliphatic imine (C=N–C) groups is 1. The number of phenols is 1. The van der Waals surface area contributed by atoms with Crippen LogP contribution in [-0.4, -0.2) is 36.2 Å². The summed E-state index contributed by atoms with van der Waals surface area (Å²) in [6.45, 7) is 6.35. The Morgan fingerprint density at radius 2 is 1.80 bits per heavy atom. The van der Waals surface area contributed by atoms with Gasteiger partial charge in [0.05, 0.1) is 0 Å². The molecule has 1 N–H and O–H groups in total. The third-order valence-corrected chi connectivity index (χ3v) is 3.87. The molecule has 0 amide bonds. The molecule has 0 bridgehead atoms. The van der Waals surface area contributed by atoms with Crippen molar-refractivity contribution in [2.24, 2.45) is 4.99 Å². The van der Waals surface area contributed by atoms with E-state index in [-0.39, 0.29) is 24.3 Å². The fraction of sp³-hybridized carbons (Fsp3) is 0.588. The van der Waals surface area contributed by atoms with Gasteiger partial charge in [0, 0.05) is 36.7 Å². The van der Waals surface area contributed by atoms with Crippen molar-refractivity contribution in [3.8, 4) is 5.75 Å². The van der Waals surface area contributed by atoms with Crippen LogP contribution in [0.5, 0.6) is 5.75 Å². The smallest absolute Gasteiger partial charge is 0.128 e. The fourth-order valence-electron chi connectivity index (χ4n) is 2.69. The molecule has 20 heavy (non-hydrogen) atoms. The first-order chi connectivity index (χ1) is 8.98. The van der Waals surface area contributed by atoms with Crippen LogP contribution >= 0.6 is 0 Å². The molecule has 0 unspecified atom stereocenters. The number of rotatable bonds is 2. The molecule has 3 heteroatoms. The summed E-state index contributed by atoms with van der Waals surface area (Å²) in [7, 11) is 0. The minimum Gasteiger partial charge on any atom is -0.507 e. The molecule has 1 aromatic carbocycles. The van der Waals surface area contributed by atoms with Gasteiger partial charge in [0.1, 0.15) is 5.75 Å². The Labute approximate surface area is 134 Å². The first-order valence-electron chi connectivity index (χ1n) is 7.34. The number of nitrogens with zero attached hydrogens (tertiary/aromatic N) is 1. The Morgan fingerprint density at radius 3 is 2.40 bits per heavy atom. The van der Waals surface area contributed by atoms with Crippen molar-refractivity contribution in [2.45, 2.75) is 64.3 Å². The van der Waals surface area contributed by atoms with Gasteiger partial charge in [-0.05, 0) is 29.9 Å². The van der Waals surface area contributed by atoms with Crippen molar-refractivity contribution < 1.29 is 5.11 Å². The second kappa shape index (κ2) is 7.34. The van der Waals surface area contributed by atoms with E-state index in [4.69, 9.17) is 0 Å². The van der Waals surface area contributed by atoms with Crippen LogP contribution in [0.2, 0.25) is 0 Å². The van der Waals surface area contributed by atoms with Crippen LogP contribution in [0.15, 0.2) is 23.2 Å². The molecular formula is C17H25LiNO. The third-order valence-electron chi connectivity index (χ3n) is 3.87. The monoisotopic (exact) mass is 266 g/mol. The Kier molecular flexibility index (Phi) is 6.36. The Hall–Kier alpha value is -0.713. The van der Waals surface area contributed by atoms with Gasteiger partial charge in [-0.3, -0.25) is 4.99 Å². The molecule has 1 fully saturated rings. The minimum absolute atomic E-state index is 0. The van der Waals surface area contributed by atoms with Crippen molar-refractivity contribution in [3.05, 3.63) is 29.3 Å². The molecule has 105 valence electrons. The van der Waals surface area contributed by atoms with Crippen LogP contribution in [0, 0.1) is 0 Å². The molecule has 2 nitrogen and oxygen atoms in total. The van der Waals surface area contributed by atoms with E-state index in [1.165, 1.54) is 32.1 Å². The molecular weight excluding hydrogens is 241 g/mol. The van der Waals surface area contributed by atoms with Crippen LogP contribution in [0.4, 0.5) is 0 Å². The summed E-state index contributed by atoms with van der Waals surface area (Å²) < 4.78 is 0. The zero-order chi connectivity index (χ0) is 13.9. The summed E-state index contributed by atoms with van der Waals surface area (Å²) >= 11 is 0. The van der Waals surface area contributed by atoms with Gasteiger partial charge in [-0.15, -0.1) is 0 Å². The zero-order valence-corrected chi connectivity index (χ0v) is 13.3. The average molecular weight is 266 g/mol. The summed E-state index contributed by atoms with van der Waals surface area (Å²) in [5.41, 5.74) is 1.79. The molecule has 0 atom stereocenters. The fourth-order valence-corrected chi connectivity index (χ4v) is 2.69. The first kappa shape index (κ1) is 17.3. The van der Waals surface area contributed by atoms with Gasteiger partial charge in [0.25, 0.3) is 0 Å². The van der Waals surface area contributed by atoms with Crippen molar-refractivity contribution in [2.75, 3.05) is 0 Å². The van der Waals surface area contributed by atoms with Crippen LogP contribution in [0.25, 0.3) is 0 Å². The summed E-state index contributed by atoms with van der Waals surface area (Å²) in [5, 5.41) is 10.4. The minimum atomic E-state index is -0.0429. The van der Waals surface area contributed by atoms with Crippen LogP contribution in [0.3, 0.4) is 0 Å². The molecule has 1 saturated carbocycles. The maximum atomic E-state index is 10.4. The van der Waals surface area contributed by atoms with E-state index >= 15 is 0 Å². The quantitative estimate of drug-likeness (QED) is 0.635. The predicted molar refractivity (Wildman–Crippen MR) is 87.0 cm³/mol. The number of aromatic hydroxyl groups is 1. The number of hydrogen-bond donors (Lipinski definition) is 1. The number of para-hydroxylation sites is 1. The van der Waals surface area contributed by atoms with Crippen molar-refractivity contribution in [1.82, 2.24) is 0 Å². The van der Waals surface area contributed by atoms with Crippen LogP contribution in [0.1, 0.15) is 64.0 Å². The third kappa shape index (κ3) is 4.40. The maximum absolute atomic E-state index is 10.4. The van der Waals surface area contributed by atoms with Gasteiger partial charge >= 0.3 is 0 Å². The summed E-state index contributed by atoms with van der Waals surface area (Å²) in [6, 6.07) is 6.39. The molecule has 0 heterocycles. The molecule has 1 aliphatic rings. The van der Waals surface area contributed by atoms with E-state index in [0.29, 0.717) is 11.8 Å². The van der Waals surface area contributed by atoms with E-state index in [0.717, 1.165) is 11.1 Å². The normalized spacial score (nSPS) is 17.1. The SMILES string of the molecule is CC(C)(C)c1cccc(C=NC2CCCCC2)c1O.[Li]. The average Bonchev–Trinajstić information content (AvgIpc) is 2.37. The van der Waals surface area contributed by atoms with E-state index in [1.54, 1.807) is 0 Å². The van der Waals surface area contributed by atoms with Gasteiger partial charge in [-0.25, -0.2) is 0 Å². The molecule has 2 rings (SSSR count). The molecule has 1 radical (unpaired) electrons. The Balaban J connectivity index is 0.00000200. The predicted octanol–water partition coefficient (Wildman–Crippen LogP) is 4.06. The van der Waals surface area contributed by atoms with Gasteiger partial charge in [-0.1, -0.05) is 52.2 Å². The Morgan fingerprint density at radius 1 is 1.15 bits per heavy atom. The Bertz CT molecular complexity index is 457. The molecule has 1 aliphatic carbocycles. The largest absolute Gasteiger partial charge is 0.507 e. The van der Waals surface area contributed by atoms with Gasteiger partial charge < -0.3 is 5.11 Å². The molecule has 0 aliphatic heterocycles. The maximum Gasteiger partial charge on any atom is 0.128 e. The number of benzene rings is 1. The molecule has 0 spiro atoms. The van der Waals surface area contributed by atoms with E-state index < -0.39 is 0 Å². The summed E-state index contributed by atoms with van der Waals surface area (Å²) in [4.78, 5) is 4.65. The summed E-state index contributed by atoms with van der Waals surface area (Å²) in [6.07, 6.45) is 8.16. The second-order valence-corrected chi connectivity index (χ2v) is 6.56. The van der Waals surface area contributed by atoms with Gasteiger partial charge in [0.2, 0.25) is 0 Å². The number of phenolic OH excluding ortho intramolecular Hbond substituents is 1. The standard InChI is InChI=1S/C17H25NO.Li/c1-17(2,3)15-11-7-8-13(16(15)19)12-18-14-9-5-4-6-10-14;/h7-8,11-12,14,19H,4-6,9-10H2,1-3H3;.